The number of hydrogen-bond donors (Lipinski definition) is 0. The van der Waals surface area contributed by atoms with E-state index in [-0.39, 0.29) is 0 Å². The van der Waals surface area contributed by atoms with Crippen molar-refractivity contribution in [3.8, 4) is 0 Å². The first-order chi connectivity index (χ1) is 4.30. The minimum Gasteiger partial charge on any atom is -0.0625 e. The summed E-state index contributed by atoms with van der Waals surface area (Å²) in [7, 11) is 0. The molecule has 0 aliphatic heterocycles. The summed E-state index contributed by atoms with van der Waals surface area (Å²) in [6.07, 6.45) is 6.07. The molecule has 1 saturated carbocycles. The molecule has 0 radical (unpaired) electrons. The summed E-state index contributed by atoms with van der Waals surface area (Å²) in [6.45, 7) is -0.565. The Morgan fingerprint density at radius 3 is 2.71 bits per heavy atom. The molecular weight excluding hydrogens is 84.1 g/mol. The van der Waals surface area contributed by atoms with Crippen molar-refractivity contribution in [2.24, 2.45) is 5.92 Å². The van der Waals surface area contributed by atoms with Crippen molar-refractivity contribution in [2.45, 2.75) is 39.0 Å². The van der Waals surface area contributed by atoms with Crippen molar-refractivity contribution >= 4 is 0 Å². The van der Waals surface area contributed by atoms with Crippen LogP contribution in [0.3, 0.4) is 0 Å². The predicted octanol–water partition coefficient (Wildman–Crippen LogP) is 2.59. The van der Waals surface area contributed by atoms with Crippen LogP contribution in [0.15, 0.2) is 0 Å². The van der Waals surface area contributed by atoms with Crippen molar-refractivity contribution in [3.05, 3.63) is 0 Å². The van der Waals surface area contributed by atoms with Crippen LogP contribution >= 0.6 is 0 Å². The van der Waals surface area contributed by atoms with E-state index in [0.717, 1.165) is 12.8 Å². The smallest absolute Gasteiger partial charge is 0.0233 e. The second-order valence-corrected chi connectivity index (χ2v) is 2.40. The molecule has 0 aromatic rings. The average Bonchev–Trinajstić information content (AvgIpc) is 1.90. The molecule has 0 aromatic heterocycles. The molecule has 1 unspecified atom stereocenters. The van der Waals surface area contributed by atoms with Gasteiger partial charge in [-0.25, -0.2) is 0 Å². The van der Waals surface area contributed by atoms with Gasteiger partial charge in [-0.05, 0) is 5.92 Å². The van der Waals surface area contributed by atoms with Crippen LogP contribution in [-0.2, 0) is 0 Å². The van der Waals surface area contributed by atoms with Gasteiger partial charge in [0.1, 0.15) is 0 Å². The van der Waals surface area contributed by atoms with Gasteiger partial charge < -0.3 is 0 Å². The molecule has 1 aliphatic carbocycles. The zero-order valence-corrected chi connectivity index (χ0v) is 4.69. The summed E-state index contributed by atoms with van der Waals surface area (Å²) in [5.74, 6) is 0.388. The Labute approximate surface area is 48.7 Å². The maximum Gasteiger partial charge on any atom is 0.0233 e. The lowest BCUT2D eigenvalue weighted by molar-refractivity contribution is 0.385. The van der Waals surface area contributed by atoms with Crippen LogP contribution in [-0.4, -0.2) is 0 Å². The van der Waals surface area contributed by atoms with E-state index in [2.05, 4.69) is 0 Å². The van der Waals surface area contributed by atoms with Gasteiger partial charge in [-0.2, -0.15) is 0 Å². The van der Waals surface area contributed by atoms with Gasteiger partial charge in [0.2, 0.25) is 0 Å². The molecule has 1 atom stereocenters. The van der Waals surface area contributed by atoms with E-state index in [1.54, 1.807) is 0 Å². The van der Waals surface area contributed by atoms with Gasteiger partial charge in [-0.1, -0.05) is 39.0 Å². The largest absolute Gasteiger partial charge is 0.0625 e. The van der Waals surface area contributed by atoms with Gasteiger partial charge in [-0.15, -0.1) is 0 Å². The van der Waals surface area contributed by atoms with Crippen LogP contribution in [0, 0.1) is 5.92 Å². The molecule has 0 saturated heterocycles. The Kier molecular flexibility index (Phi) is 1.04. The minimum absolute atomic E-state index is 0.388. The molecule has 7 heavy (non-hydrogen) atoms. The number of rotatable bonds is 0. The Morgan fingerprint density at radius 2 is 2.29 bits per heavy atom. The molecular formula is C7H14. The second kappa shape index (κ2) is 2.34. The Morgan fingerprint density at radius 1 is 1.57 bits per heavy atom. The first-order valence-electron chi connectivity index (χ1n) is 4.30. The highest BCUT2D eigenvalue weighted by molar-refractivity contribution is 4.59. The van der Waals surface area contributed by atoms with E-state index in [1.807, 2.05) is 0 Å². The maximum absolute atomic E-state index is 7.14. The van der Waals surface area contributed by atoms with Gasteiger partial charge >= 0.3 is 0 Å². The van der Waals surface area contributed by atoms with Crippen LogP contribution in [0.2, 0.25) is 0 Å². The molecule has 1 fully saturated rings. The predicted molar refractivity (Wildman–Crippen MR) is 32.2 cm³/mol. The van der Waals surface area contributed by atoms with Crippen LogP contribution in [0.4, 0.5) is 0 Å². The van der Waals surface area contributed by atoms with Gasteiger partial charge in [0.05, 0.1) is 0 Å². The fraction of sp³-hybridized carbons (Fsp3) is 1.00. The van der Waals surface area contributed by atoms with E-state index >= 15 is 0 Å². The monoisotopic (exact) mass is 101 g/mol. The fourth-order valence-corrected chi connectivity index (χ4v) is 1.13. The zero-order chi connectivity index (χ0) is 6.69. The summed E-state index contributed by atoms with van der Waals surface area (Å²) in [4.78, 5) is 0. The minimum atomic E-state index is -0.565. The van der Waals surface area contributed by atoms with Crippen LogP contribution in [0.1, 0.15) is 41.7 Å². The Bertz CT molecular complexity index is 75.0. The summed E-state index contributed by atoms with van der Waals surface area (Å²) in [5, 5.41) is 0. The zero-order valence-electron chi connectivity index (χ0n) is 6.69. The molecule has 42 valence electrons. The van der Waals surface area contributed by atoms with E-state index < -0.39 is 6.88 Å². The fourth-order valence-electron chi connectivity index (χ4n) is 1.13. The highest BCUT2D eigenvalue weighted by Crippen LogP contribution is 2.21. The van der Waals surface area contributed by atoms with Crippen molar-refractivity contribution < 1.29 is 2.74 Å². The third-order valence-electron chi connectivity index (χ3n) is 1.65. The molecule has 0 heterocycles. The topological polar surface area (TPSA) is 0 Å². The summed E-state index contributed by atoms with van der Waals surface area (Å²) in [5.41, 5.74) is 0. The Balaban J connectivity index is 2.23. The molecule has 0 aromatic carbocycles. The summed E-state index contributed by atoms with van der Waals surface area (Å²) < 4.78 is 14.3. The van der Waals surface area contributed by atoms with Crippen LogP contribution < -0.4 is 0 Å². The normalized spacial score (nSPS) is 33.7. The van der Waals surface area contributed by atoms with Crippen LogP contribution in [0.5, 0.6) is 0 Å². The van der Waals surface area contributed by atoms with Crippen molar-refractivity contribution in [2.75, 3.05) is 0 Å². The quantitative estimate of drug-likeness (QED) is 0.440. The summed E-state index contributed by atoms with van der Waals surface area (Å²) >= 11 is 0. The van der Waals surface area contributed by atoms with Crippen molar-refractivity contribution in [1.29, 1.82) is 0 Å². The Hall–Kier alpha value is 0. The molecule has 0 nitrogen and oxygen atoms in total. The lowest BCUT2D eigenvalue weighted by atomic mass is 9.91. The van der Waals surface area contributed by atoms with Gasteiger partial charge in [0.25, 0.3) is 0 Å². The van der Waals surface area contributed by atoms with E-state index in [0.29, 0.717) is 5.92 Å². The summed E-state index contributed by atoms with van der Waals surface area (Å²) in [6, 6.07) is 0. The second-order valence-electron chi connectivity index (χ2n) is 2.40. The standard InChI is InChI=1S/C7H14/c1-7-5-3-2-4-6-7/h7H,2-6H2,1H3/i1TD. The molecule has 0 bridgehead atoms. The first-order valence-corrected chi connectivity index (χ1v) is 3.15. The molecule has 1 rings (SSSR count). The van der Waals surface area contributed by atoms with Gasteiger partial charge in [-0.3, -0.25) is 0 Å². The third-order valence-corrected chi connectivity index (χ3v) is 1.65. The molecule has 0 heteroatoms. The lowest BCUT2D eigenvalue weighted by Crippen LogP contribution is -1.99. The van der Waals surface area contributed by atoms with Gasteiger partial charge in [0.15, 0.2) is 0 Å². The average molecular weight is 101 g/mol. The molecule has 0 spiro atoms. The van der Waals surface area contributed by atoms with E-state index in [4.69, 9.17) is 2.74 Å². The molecule has 0 N–H and O–H groups in total. The van der Waals surface area contributed by atoms with Crippen LogP contribution in [0.25, 0.3) is 0 Å². The third kappa shape index (κ3) is 1.50. The van der Waals surface area contributed by atoms with Crippen molar-refractivity contribution in [1.82, 2.24) is 0 Å². The maximum atomic E-state index is 7.14. The molecule has 1 aliphatic rings. The lowest BCUT2D eigenvalue weighted by Gasteiger charge is -2.15. The molecule has 0 amide bonds. The van der Waals surface area contributed by atoms with E-state index in [9.17, 15) is 0 Å². The highest BCUT2D eigenvalue weighted by atomic mass is 14.1. The number of hydrogen-bond acceptors (Lipinski definition) is 0. The van der Waals surface area contributed by atoms with E-state index in [1.165, 1.54) is 19.3 Å². The van der Waals surface area contributed by atoms with Gasteiger partial charge in [0, 0.05) is 2.74 Å². The highest BCUT2D eigenvalue weighted by Gasteiger charge is 2.05. The van der Waals surface area contributed by atoms with Crippen molar-refractivity contribution in [3.63, 3.8) is 0 Å². The SMILES string of the molecule is [2H]C([3H])C1CCCCC1. The first kappa shape index (κ1) is 3.11.